The van der Waals surface area contributed by atoms with Crippen molar-refractivity contribution in [1.82, 2.24) is 15.6 Å². The monoisotopic (exact) mass is 355 g/mol. The van der Waals surface area contributed by atoms with Gasteiger partial charge in [-0.25, -0.2) is 4.79 Å². The molecule has 128 valence electrons. The van der Waals surface area contributed by atoms with Gasteiger partial charge >= 0.3 is 6.03 Å². The molecule has 1 heterocycles. The van der Waals surface area contributed by atoms with Crippen LogP contribution in [0.4, 0.5) is 4.79 Å². The number of H-pyrrole nitrogens is 1. The maximum absolute atomic E-state index is 12.1. The topological polar surface area (TPSA) is 74.0 Å². The van der Waals surface area contributed by atoms with E-state index in [1.54, 1.807) is 18.2 Å². The average Bonchev–Trinajstić information content (AvgIpc) is 2.58. The lowest BCUT2D eigenvalue weighted by atomic mass is 10.1. The largest absolute Gasteiger partial charge is 0.334 e. The van der Waals surface area contributed by atoms with E-state index in [1.807, 2.05) is 37.3 Å². The minimum atomic E-state index is -0.344. The summed E-state index contributed by atoms with van der Waals surface area (Å²) in [6.07, 6.45) is 0. The Morgan fingerprint density at radius 2 is 1.88 bits per heavy atom. The number of hydrogen-bond donors (Lipinski definition) is 3. The summed E-state index contributed by atoms with van der Waals surface area (Å²) in [5, 5.41) is 7.01. The molecule has 0 saturated carbocycles. The number of rotatable bonds is 4. The highest BCUT2D eigenvalue weighted by Crippen LogP contribution is 2.13. The summed E-state index contributed by atoms with van der Waals surface area (Å²) in [6, 6.07) is 14.5. The third-order valence-electron chi connectivity index (χ3n) is 3.86. The molecule has 2 amide bonds. The van der Waals surface area contributed by atoms with Gasteiger partial charge in [-0.2, -0.15) is 0 Å². The lowest BCUT2D eigenvalue weighted by Gasteiger charge is -2.08. The first-order valence-electron chi connectivity index (χ1n) is 7.90. The van der Waals surface area contributed by atoms with E-state index in [4.69, 9.17) is 11.6 Å². The number of nitrogens with one attached hydrogen (secondary N) is 3. The highest BCUT2D eigenvalue weighted by molar-refractivity contribution is 6.30. The van der Waals surface area contributed by atoms with Crippen molar-refractivity contribution in [1.29, 1.82) is 0 Å². The van der Waals surface area contributed by atoms with Gasteiger partial charge in [-0.05, 0) is 48.2 Å². The van der Waals surface area contributed by atoms with Crippen molar-refractivity contribution in [2.24, 2.45) is 0 Å². The fraction of sp³-hybridized carbons (Fsp3) is 0.158. The normalized spacial score (nSPS) is 10.6. The van der Waals surface area contributed by atoms with Crippen LogP contribution >= 0.6 is 11.6 Å². The Kier molecular flexibility index (Phi) is 5.05. The minimum absolute atomic E-state index is 0.153. The van der Waals surface area contributed by atoms with Crippen LogP contribution in [-0.2, 0) is 13.1 Å². The van der Waals surface area contributed by atoms with Crippen molar-refractivity contribution in [2.45, 2.75) is 20.0 Å². The summed E-state index contributed by atoms with van der Waals surface area (Å²) in [7, 11) is 0. The Labute approximate surface area is 150 Å². The van der Waals surface area contributed by atoms with E-state index < -0.39 is 0 Å². The van der Waals surface area contributed by atoms with Crippen molar-refractivity contribution < 1.29 is 4.79 Å². The third-order valence-corrected chi connectivity index (χ3v) is 4.09. The average molecular weight is 356 g/mol. The van der Waals surface area contributed by atoms with E-state index in [1.165, 1.54) is 0 Å². The van der Waals surface area contributed by atoms with E-state index in [2.05, 4.69) is 15.6 Å². The van der Waals surface area contributed by atoms with Crippen LogP contribution in [0.15, 0.2) is 53.3 Å². The Morgan fingerprint density at radius 1 is 1.08 bits per heavy atom. The van der Waals surface area contributed by atoms with E-state index in [0.717, 1.165) is 22.0 Å². The molecule has 0 atom stereocenters. The van der Waals surface area contributed by atoms with E-state index >= 15 is 0 Å². The van der Waals surface area contributed by atoms with E-state index in [9.17, 15) is 9.59 Å². The maximum atomic E-state index is 12.1. The molecule has 0 radical (unpaired) electrons. The Balaban J connectivity index is 1.62. The molecule has 0 aliphatic carbocycles. The summed E-state index contributed by atoms with van der Waals surface area (Å²) in [5.41, 5.74) is 3.10. The van der Waals surface area contributed by atoms with Crippen LogP contribution < -0.4 is 16.2 Å². The molecule has 1 aromatic heterocycles. The Morgan fingerprint density at radius 3 is 2.68 bits per heavy atom. The van der Waals surface area contributed by atoms with Crippen LogP contribution in [0.1, 0.15) is 16.7 Å². The van der Waals surface area contributed by atoms with Crippen LogP contribution in [0, 0.1) is 6.92 Å². The number of halogens is 1. The molecule has 3 aromatic rings. The number of amides is 2. The van der Waals surface area contributed by atoms with Crippen molar-refractivity contribution >= 4 is 28.5 Å². The standard InChI is InChI=1S/C19H18ClN3O2/c1-12-5-6-17-14(7-12)9-15(18(24)23-17)11-22-19(25)21-10-13-3-2-4-16(20)8-13/h2-9H,10-11H2,1H3,(H,23,24)(H2,21,22,25). The van der Waals surface area contributed by atoms with Crippen LogP contribution in [0.5, 0.6) is 0 Å². The number of fused-ring (bicyclic) bond motifs is 1. The quantitative estimate of drug-likeness (QED) is 0.670. The summed E-state index contributed by atoms with van der Waals surface area (Å²) in [5.74, 6) is 0. The number of aromatic amines is 1. The fourth-order valence-electron chi connectivity index (χ4n) is 2.57. The maximum Gasteiger partial charge on any atom is 0.315 e. The van der Waals surface area contributed by atoms with E-state index in [0.29, 0.717) is 17.1 Å². The Hall–Kier alpha value is -2.79. The number of aromatic nitrogens is 1. The van der Waals surface area contributed by atoms with Gasteiger partial charge in [0.2, 0.25) is 0 Å². The van der Waals surface area contributed by atoms with Crippen molar-refractivity contribution in [3.8, 4) is 0 Å². The summed E-state index contributed by atoms with van der Waals surface area (Å²) >= 11 is 5.91. The third kappa shape index (κ3) is 4.39. The second kappa shape index (κ2) is 7.40. The van der Waals surface area contributed by atoms with Gasteiger partial charge in [0.15, 0.2) is 0 Å². The number of urea groups is 1. The number of aryl methyl sites for hydroxylation is 1. The molecule has 2 aromatic carbocycles. The SMILES string of the molecule is Cc1ccc2[nH]c(=O)c(CNC(=O)NCc3cccc(Cl)c3)cc2c1. The van der Waals surface area contributed by atoms with Crippen LogP contribution in [0.3, 0.4) is 0 Å². The molecule has 5 nitrogen and oxygen atoms in total. The number of hydrogen-bond acceptors (Lipinski definition) is 2. The minimum Gasteiger partial charge on any atom is -0.334 e. The first kappa shape index (κ1) is 17.0. The van der Waals surface area contributed by atoms with Crippen LogP contribution in [-0.4, -0.2) is 11.0 Å². The molecule has 3 N–H and O–H groups in total. The molecule has 0 spiro atoms. The molecule has 0 fully saturated rings. The van der Waals surface area contributed by atoms with Gasteiger partial charge in [0.05, 0.1) is 0 Å². The van der Waals surface area contributed by atoms with Crippen molar-refractivity contribution in [3.05, 3.63) is 80.6 Å². The molecule has 0 bridgehead atoms. The summed E-state index contributed by atoms with van der Waals surface area (Å²) < 4.78 is 0. The lowest BCUT2D eigenvalue weighted by Crippen LogP contribution is -2.35. The molecule has 25 heavy (non-hydrogen) atoms. The highest BCUT2D eigenvalue weighted by Gasteiger charge is 2.06. The zero-order valence-electron chi connectivity index (χ0n) is 13.7. The lowest BCUT2D eigenvalue weighted by molar-refractivity contribution is 0.240. The van der Waals surface area contributed by atoms with E-state index in [-0.39, 0.29) is 18.1 Å². The number of pyridine rings is 1. The number of carbonyl (C=O) groups excluding carboxylic acids is 1. The van der Waals surface area contributed by atoms with Gasteiger partial charge in [0.1, 0.15) is 0 Å². The molecule has 3 rings (SSSR count). The molecule has 0 aliphatic heterocycles. The van der Waals surface area contributed by atoms with Gasteiger partial charge < -0.3 is 15.6 Å². The first-order chi connectivity index (χ1) is 12.0. The molecule has 0 saturated heterocycles. The van der Waals surface area contributed by atoms with Gasteiger partial charge in [-0.15, -0.1) is 0 Å². The Bertz CT molecular complexity index is 982. The van der Waals surface area contributed by atoms with Crippen molar-refractivity contribution in [2.75, 3.05) is 0 Å². The molecular weight excluding hydrogens is 338 g/mol. The van der Waals surface area contributed by atoms with Gasteiger partial charge in [-0.3, -0.25) is 4.79 Å². The zero-order chi connectivity index (χ0) is 17.8. The highest BCUT2D eigenvalue weighted by atomic mass is 35.5. The second-order valence-electron chi connectivity index (χ2n) is 5.88. The van der Waals surface area contributed by atoms with Gasteiger partial charge in [-0.1, -0.05) is 35.4 Å². The first-order valence-corrected chi connectivity index (χ1v) is 8.28. The number of carbonyl (C=O) groups is 1. The second-order valence-corrected chi connectivity index (χ2v) is 6.32. The van der Waals surface area contributed by atoms with Crippen molar-refractivity contribution in [3.63, 3.8) is 0 Å². The smallest absolute Gasteiger partial charge is 0.315 e. The number of benzene rings is 2. The predicted octanol–water partition coefficient (Wildman–Crippen LogP) is 3.49. The fourth-order valence-corrected chi connectivity index (χ4v) is 2.78. The van der Waals surface area contributed by atoms with Crippen LogP contribution in [0.2, 0.25) is 5.02 Å². The molecular formula is C19H18ClN3O2. The molecule has 0 aliphatic rings. The zero-order valence-corrected chi connectivity index (χ0v) is 14.5. The van der Waals surface area contributed by atoms with Gasteiger partial charge in [0.25, 0.3) is 5.56 Å². The molecule has 6 heteroatoms. The predicted molar refractivity (Wildman–Crippen MR) is 99.8 cm³/mol. The van der Waals surface area contributed by atoms with Crippen LogP contribution in [0.25, 0.3) is 10.9 Å². The summed E-state index contributed by atoms with van der Waals surface area (Å²) in [6.45, 7) is 2.51. The molecule has 0 unspecified atom stereocenters. The van der Waals surface area contributed by atoms with Gasteiger partial charge in [0, 0.05) is 29.2 Å². The summed E-state index contributed by atoms with van der Waals surface area (Å²) in [4.78, 5) is 26.9.